The molecule has 2 N–H and O–H groups in total. The van der Waals surface area contributed by atoms with Crippen LogP contribution < -0.4 is 19.6 Å². The molecule has 0 unspecified atom stereocenters. The molecule has 0 radical (unpaired) electrons. The number of aromatic amines is 1. The molecular formula is C24H24N6O4. The third-order valence-electron chi connectivity index (χ3n) is 4.93. The van der Waals surface area contributed by atoms with E-state index in [1.807, 2.05) is 57.7 Å². The molecule has 0 aliphatic heterocycles. The van der Waals surface area contributed by atoms with Gasteiger partial charge in [0.15, 0.2) is 5.69 Å². The van der Waals surface area contributed by atoms with Crippen LogP contribution >= 0.6 is 0 Å². The van der Waals surface area contributed by atoms with Gasteiger partial charge in [-0.25, -0.2) is 19.4 Å². The lowest BCUT2D eigenvalue weighted by Crippen LogP contribution is -2.23. The van der Waals surface area contributed by atoms with Crippen LogP contribution in [0.1, 0.15) is 23.5 Å². The number of carbonyl (C=O) groups excluding carboxylic acids is 2. The number of aromatic nitrogens is 5. The van der Waals surface area contributed by atoms with Gasteiger partial charge in [0, 0.05) is 30.5 Å². The van der Waals surface area contributed by atoms with Crippen molar-refractivity contribution < 1.29 is 23.8 Å². The van der Waals surface area contributed by atoms with Gasteiger partial charge in [0.2, 0.25) is 5.88 Å². The van der Waals surface area contributed by atoms with Gasteiger partial charge in [-0.3, -0.25) is 9.20 Å². The van der Waals surface area contributed by atoms with Crippen molar-refractivity contribution in [1.82, 2.24) is 24.7 Å². The number of methoxy groups -OCH3 is 1. The molecule has 0 saturated heterocycles. The van der Waals surface area contributed by atoms with Crippen LogP contribution in [-0.4, -0.2) is 38.8 Å². The highest BCUT2D eigenvalue weighted by molar-refractivity contribution is 5.95. The Labute approximate surface area is 195 Å². The number of carbonyl (C=O) groups is 2. The highest BCUT2D eigenvalue weighted by Crippen LogP contribution is 2.28. The summed E-state index contributed by atoms with van der Waals surface area (Å²) in [6.07, 6.45) is 9.18. The van der Waals surface area contributed by atoms with E-state index in [0.717, 1.165) is 22.6 Å². The highest BCUT2D eigenvalue weighted by atomic mass is 16.5. The molecule has 0 aromatic carbocycles. The molecule has 5 aromatic rings. The summed E-state index contributed by atoms with van der Waals surface area (Å²) in [5.41, 5.74) is 4.78. The van der Waals surface area contributed by atoms with Gasteiger partial charge in [-0.2, -0.15) is 0 Å². The first-order chi connectivity index (χ1) is 16.1. The van der Waals surface area contributed by atoms with Gasteiger partial charge in [-0.15, -0.1) is 0 Å². The van der Waals surface area contributed by atoms with E-state index in [1.54, 1.807) is 31.6 Å². The van der Waals surface area contributed by atoms with Crippen LogP contribution in [0.3, 0.4) is 0 Å². The summed E-state index contributed by atoms with van der Waals surface area (Å²) in [7, 11) is 1.59. The first kappa shape index (κ1) is 23.9. The van der Waals surface area contributed by atoms with Gasteiger partial charge in [0.05, 0.1) is 37.3 Å². The number of nitrogens with one attached hydrogen (secondary N) is 2. The maximum Gasteiger partial charge on any atom is 0.284 e. The summed E-state index contributed by atoms with van der Waals surface area (Å²) in [5, 5.41) is 11.2. The van der Waals surface area contributed by atoms with Crippen LogP contribution in [0.5, 0.6) is 5.88 Å². The number of ether oxygens (including phenoxy) is 1. The fraction of sp³-hybridized carbons (Fsp3) is 0.125. The monoisotopic (exact) mass is 460 g/mol. The smallest absolute Gasteiger partial charge is 0.284 e. The Morgan fingerprint density at radius 1 is 1.26 bits per heavy atom. The van der Waals surface area contributed by atoms with Crippen molar-refractivity contribution in [3.8, 4) is 17.1 Å². The molecule has 1 amide bonds. The first-order valence-corrected chi connectivity index (χ1v) is 9.92. The molecular weight excluding hydrogens is 436 g/mol. The van der Waals surface area contributed by atoms with Crippen LogP contribution in [0.4, 0.5) is 0 Å². The number of carboxylic acid groups (broad SMARTS) is 1. The Kier molecular flexibility index (Phi) is 7.55. The van der Waals surface area contributed by atoms with Crippen LogP contribution in [0.2, 0.25) is 0 Å². The largest absolute Gasteiger partial charge is 0.554 e. The standard InChI is InChI=1S/C22H18N6O2.CH2O2.CH4/c1-30-22-17(5-4-8-23-22)18-13-24-20-11-15(7-10-28(18)20)21(29)25-12-16-14-27-9-3-2-6-19(27)26-16;2-1-3;/h2-11,13-14H,12H2,1H3,(H,25,29);1H,(H,2,3);1H4. The minimum Gasteiger partial charge on any atom is -0.554 e. The molecule has 5 aromatic heterocycles. The van der Waals surface area contributed by atoms with Crippen molar-refractivity contribution in [3.63, 3.8) is 0 Å². The molecule has 0 aliphatic rings. The van der Waals surface area contributed by atoms with E-state index < -0.39 is 6.47 Å². The van der Waals surface area contributed by atoms with E-state index in [2.05, 4.69) is 20.3 Å². The van der Waals surface area contributed by atoms with Crippen molar-refractivity contribution in [1.29, 1.82) is 0 Å². The van der Waals surface area contributed by atoms with Crippen LogP contribution in [0.25, 0.3) is 22.6 Å². The molecule has 10 heteroatoms. The second-order valence-corrected chi connectivity index (χ2v) is 6.90. The Hall–Kier alpha value is -4.73. The quantitative estimate of drug-likeness (QED) is 0.301. The Morgan fingerprint density at radius 3 is 2.85 bits per heavy atom. The van der Waals surface area contributed by atoms with E-state index in [0.29, 0.717) is 23.6 Å². The molecule has 0 spiro atoms. The lowest BCUT2D eigenvalue weighted by atomic mass is 10.2. The highest BCUT2D eigenvalue weighted by Gasteiger charge is 2.15. The predicted octanol–water partition coefficient (Wildman–Crippen LogP) is 1.40. The van der Waals surface area contributed by atoms with E-state index in [1.165, 1.54) is 0 Å². The molecule has 0 atom stereocenters. The van der Waals surface area contributed by atoms with E-state index in [-0.39, 0.29) is 13.3 Å². The van der Waals surface area contributed by atoms with Crippen molar-refractivity contribution >= 4 is 23.7 Å². The van der Waals surface area contributed by atoms with Gasteiger partial charge in [-0.1, -0.05) is 13.5 Å². The van der Waals surface area contributed by atoms with Gasteiger partial charge in [0.1, 0.15) is 11.8 Å². The van der Waals surface area contributed by atoms with Gasteiger partial charge in [0.25, 0.3) is 11.6 Å². The SMILES string of the molecule is C.COc1ncccc1-c1cnc2cc(C(=O)NCc3c[n+]4ccccc4[nH]3)ccn12.O=C[O-]. The minimum absolute atomic E-state index is 0. The zero-order chi connectivity index (χ0) is 23.2. The minimum atomic E-state index is -0.500. The van der Waals surface area contributed by atoms with E-state index >= 15 is 0 Å². The van der Waals surface area contributed by atoms with Gasteiger partial charge >= 0.3 is 0 Å². The predicted molar refractivity (Wildman–Crippen MR) is 123 cm³/mol. The van der Waals surface area contributed by atoms with Gasteiger partial charge in [-0.05, 0) is 30.3 Å². The zero-order valence-electron chi connectivity index (χ0n) is 17.6. The number of rotatable bonds is 5. The van der Waals surface area contributed by atoms with Crippen molar-refractivity contribution in [3.05, 3.63) is 84.7 Å². The summed E-state index contributed by atoms with van der Waals surface area (Å²) in [6, 6.07) is 13.2. The summed E-state index contributed by atoms with van der Waals surface area (Å²) in [4.78, 5) is 32.9. The average molecular weight is 460 g/mol. The Bertz CT molecular complexity index is 1390. The molecule has 5 heterocycles. The number of nitrogens with zero attached hydrogens (tertiary/aromatic N) is 4. The molecule has 0 saturated carbocycles. The number of hydrogen-bond donors (Lipinski definition) is 2. The van der Waals surface area contributed by atoms with E-state index in [4.69, 9.17) is 14.6 Å². The lowest BCUT2D eigenvalue weighted by Gasteiger charge is -2.07. The molecule has 34 heavy (non-hydrogen) atoms. The molecule has 0 fully saturated rings. The third kappa shape index (κ3) is 4.85. The topological polar surface area (TPSA) is 129 Å². The Balaban J connectivity index is 0.000000771. The summed E-state index contributed by atoms with van der Waals surface area (Å²) in [6.45, 7) is -0.0989. The molecule has 0 aliphatic carbocycles. The normalized spacial score (nSPS) is 10.1. The van der Waals surface area contributed by atoms with Crippen LogP contribution in [0.15, 0.2) is 73.4 Å². The molecule has 10 nitrogen and oxygen atoms in total. The fourth-order valence-corrected chi connectivity index (χ4v) is 3.48. The summed E-state index contributed by atoms with van der Waals surface area (Å²) in [5.74, 6) is 0.363. The first-order valence-electron chi connectivity index (χ1n) is 9.92. The third-order valence-corrected chi connectivity index (χ3v) is 4.93. The fourth-order valence-electron chi connectivity index (χ4n) is 3.48. The second-order valence-electron chi connectivity index (χ2n) is 6.90. The number of hydrogen-bond acceptors (Lipinski definition) is 6. The lowest BCUT2D eigenvalue weighted by molar-refractivity contribution is -0.510. The average Bonchev–Trinajstić information content (AvgIpc) is 3.46. The van der Waals surface area contributed by atoms with Crippen molar-refractivity contribution in [2.24, 2.45) is 0 Å². The molecule has 174 valence electrons. The maximum absolute atomic E-state index is 12.7. The molecule has 0 bridgehead atoms. The summed E-state index contributed by atoms with van der Waals surface area (Å²) >= 11 is 0. The maximum atomic E-state index is 12.7. The molecule has 5 rings (SSSR count). The summed E-state index contributed by atoms with van der Waals surface area (Å²) < 4.78 is 9.24. The number of H-pyrrole nitrogens is 1. The number of fused-ring (bicyclic) bond motifs is 2. The van der Waals surface area contributed by atoms with Crippen molar-refractivity contribution in [2.45, 2.75) is 14.0 Å². The number of pyridine rings is 3. The van der Waals surface area contributed by atoms with Crippen LogP contribution in [0, 0.1) is 0 Å². The number of imidazole rings is 2. The van der Waals surface area contributed by atoms with E-state index in [9.17, 15) is 4.79 Å². The zero-order valence-corrected chi connectivity index (χ0v) is 17.6. The Morgan fingerprint density at radius 2 is 2.09 bits per heavy atom. The van der Waals surface area contributed by atoms with Crippen molar-refractivity contribution in [2.75, 3.05) is 7.11 Å². The number of amides is 1. The van der Waals surface area contributed by atoms with Crippen LogP contribution in [-0.2, 0) is 11.3 Å². The van der Waals surface area contributed by atoms with Gasteiger partial charge < -0.3 is 20.0 Å². The second kappa shape index (κ2) is 10.7.